The molecule has 1 unspecified atom stereocenters. The molecule has 2 heteroatoms. The zero-order chi connectivity index (χ0) is 13.9. The van der Waals surface area contributed by atoms with Crippen molar-refractivity contribution in [1.29, 1.82) is 0 Å². The minimum atomic E-state index is 0.384. The van der Waals surface area contributed by atoms with Gasteiger partial charge in [0.2, 0.25) is 0 Å². The van der Waals surface area contributed by atoms with Gasteiger partial charge < -0.3 is 5.32 Å². The molecule has 0 fully saturated rings. The lowest BCUT2D eigenvalue weighted by Crippen LogP contribution is -2.33. The Labute approximate surface area is 119 Å². The zero-order valence-electron chi connectivity index (χ0n) is 12.9. The van der Waals surface area contributed by atoms with Crippen LogP contribution in [0.3, 0.4) is 0 Å². The first-order chi connectivity index (χ1) is 8.49. The van der Waals surface area contributed by atoms with Crippen LogP contribution >= 0.6 is 11.8 Å². The molecule has 0 amide bonds. The minimum Gasteiger partial charge on any atom is -0.313 e. The van der Waals surface area contributed by atoms with Crippen LogP contribution in [0.25, 0.3) is 0 Å². The summed E-state index contributed by atoms with van der Waals surface area (Å²) < 4.78 is 0.384. The molecule has 0 aliphatic heterocycles. The van der Waals surface area contributed by atoms with E-state index in [1.54, 1.807) is 0 Å². The van der Waals surface area contributed by atoms with Crippen molar-refractivity contribution in [1.82, 2.24) is 5.32 Å². The predicted octanol–water partition coefficient (Wildman–Crippen LogP) is 5.02. The van der Waals surface area contributed by atoms with Gasteiger partial charge in [0.1, 0.15) is 0 Å². The highest BCUT2D eigenvalue weighted by Gasteiger charge is 2.14. The molecule has 0 saturated carbocycles. The topological polar surface area (TPSA) is 12.0 Å². The van der Waals surface area contributed by atoms with Gasteiger partial charge in [-0.2, -0.15) is 11.8 Å². The molecule has 0 aliphatic carbocycles. The van der Waals surface area contributed by atoms with E-state index in [1.807, 2.05) is 6.08 Å². The molecular formula is C16H33NS. The first-order valence-electron chi connectivity index (χ1n) is 7.48. The number of thioether (sulfide) groups is 1. The lowest BCUT2D eigenvalue weighted by molar-refractivity contribution is 0.489. The van der Waals surface area contributed by atoms with Gasteiger partial charge in [-0.15, -0.1) is 6.58 Å². The summed E-state index contributed by atoms with van der Waals surface area (Å²) in [6.45, 7) is 14.1. The van der Waals surface area contributed by atoms with Crippen LogP contribution in [0, 0.1) is 0 Å². The number of hydrogen-bond acceptors (Lipinski definition) is 2. The van der Waals surface area contributed by atoms with Gasteiger partial charge in [-0.3, -0.25) is 0 Å². The molecule has 0 rings (SSSR count). The monoisotopic (exact) mass is 271 g/mol. The fraction of sp³-hybridized carbons (Fsp3) is 0.875. The van der Waals surface area contributed by atoms with E-state index in [0.29, 0.717) is 10.8 Å². The molecule has 1 atom stereocenters. The molecule has 18 heavy (non-hydrogen) atoms. The molecule has 0 aromatic rings. The number of nitrogens with one attached hydrogen (secondary N) is 1. The van der Waals surface area contributed by atoms with Crippen molar-refractivity contribution in [3.63, 3.8) is 0 Å². The van der Waals surface area contributed by atoms with Crippen LogP contribution in [0.15, 0.2) is 12.7 Å². The largest absolute Gasteiger partial charge is 0.313 e. The van der Waals surface area contributed by atoms with Crippen molar-refractivity contribution in [3.05, 3.63) is 12.7 Å². The maximum absolute atomic E-state index is 3.77. The summed E-state index contributed by atoms with van der Waals surface area (Å²) in [5, 5.41) is 3.69. The molecule has 0 heterocycles. The van der Waals surface area contributed by atoms with E-state index in [-0.39, 0.29) is 0 Å². The second kappa shape index (κ2) is 10.9. The van der Waals surface area contributed by atoms with E-state index in [4.69, 9.17) is 0 Å². The normalized spacial score (nSPS) is 13.6. The third kappa shape index (κ3) is 12.5. The summed E-state index contributed by atoms with van der Waals surface area (Å²) in [6.07, 6.45) is 9.74. The van der Waals surface area contributed by atoms with Crippen molar-refractivity contribution < 1.29 is 0 Å². The summed E-state index contributed by atoms with van der Waals surface area (Å²) in [4.78, 5) is 0. The first-order valence-corrected chi connectivity index (χ1v) is 8.46. The van der Waals surface area contributed by atoms with E-state index in [9.17, 15) is 0 Å². The summed E-state index contributed by atoms with van der Waals surface area (Å²) in [5.74, 6) is 1.24. The highest BCUT2D eigenvalue weighted by atomic mass is 32.2. The van der Waals surface area contributed by atoms with E-state index in [1.165, 1.54) is 44.3 Å². The molecular weight excluding hydrogens is 238 g/mol. The Balaban J connectivity index is 3.80. The highest BCUT2D eigenvalue weighted by molar-refractivity contribution is 8.00. The maximum Gasteiger partial charge on any atom is 0.0158 e. The van der Waals surface area contributed by atoms with Crippen LogP contribution in [-0.4, -0.2) is 23.1 Å². The molecule has 1 N–H and O–H groups in total. The lowest BCUT2D eigenvalue weighted by Gasteiger charge is -2.24. The second-order valence-electron chi connectivity index (χ2n) is 6.00. The van der Waals surface area contributed by atoms with Gasteiger partial charge in [-0.1, -0.05) is 46.6 Å². The molecule has 0 aliphatic rings. The Morgan fingerprint density at radius 2 is 1.94 bits per heavy atom. The quantitative estimate of drug-likeness (QED) is 0.418. The van der Waals surface area contributed by atoms with Crippen molar-refractivity contribution in [2.45, 2.75) is 77.0 Å². The van der Waals surface area contributed by atoms with Crippen molar-refractivity contribution in [3.8, 4) is 0 Å². The van der Waals surface area contributed by atoms with Crippen LogP contribution in [-0.2, 0) is 0 Å². The van der Waals surface area contributed by atoms with E-state index < -0.39 is 0 Å². The van der Waals surface area contributed by atoms with E-state index >= 15 is 0 Å². The Bertz CT molecular complexity index is 196. The second-order valence-corrected chi connectivity index (χ2v) is 7.85. The summed E-state index contributed by atoms with van der Waals surface area (Å²) >= 11 is 2.08. The average Bonchev–Trinajstić information content (AvgIpc) is 2.30. The molecule has 0 spiro atoms. The van der Waals surface area contributed by atoms with Crippen LogP contribution < -0.4 is 5.32 Å². The molecule has 1 nitrogen and oxygen atoms in total. The standard InChI is InChI=1S/C16H33NS/c1-6-8-9-10-11-12-15(17-13-7-2)14-18-16(3,4)5/h6,15,17H,1,7-14H2,2-5H3. The zero-order valence-corrected chi connectivity index (χ0v) is 13.7. The molecule has 0 aromatic carbocycles. The lowest BCUT2D eigenvalue weighted by atomic mass is 10.1. The first kappa shape index (κ1) is 18.0. The Kier molecular flexibility index (Phi) is 11.0. The van der Waals surface area contributed by atoms with Crippen LogP contribution in [0.4, 0.5) is 0 Å². The summed E-state index contributed by atoms with van der Waals surface area (Å²) in [6, 6.07) is 0.693. The maximum atomic E-state index is 3.77. The fourth-order valence-corrected chi connectivity index (χ4v) is 2.79. The predicted molar refractivity (Wildman–Crippen MR) is 87.6 cm³/mol. The van der Waals surface area contributed by atoms with Crippen molar-refractivity contribution in [2.24, 2.45) is 0 Å². The van der Waals surface area contributed by atoms with E-state index in [0.717, 1.165) is 6.54 Å². The summed E-state index contributed by atoms with van der Waals surface area (Å²) in [5.41, 5.74) is 0. The van der Waals surface area contributed by atoms with Crippen LogP contribution in [0.5, 0.6) is 0 Å². The van der Waals surface area contributed by atoms with Gasteiger partial charge >= 0.3 is 0 Å². The van der Waals surface area contributed by atoms with Gasteiger partial charge in [-0.05, 0) is 32.2 Å². The van der Waals surface area contributed by atoms with Gasteiger partial charge in [0.05, 0.1) is 0 Å². The van der Waals surface area contributed by atoms with Crippen molar-refractivity contribution in [2.75, 3.05) is 12.3 Å². The van der Waals surface area contributed by atoms with Gasteiger partial charge in [0.25, 0.3) is 0 Å². The number of allylic oxidation sites excluding steroid dienone is 1. The average molecular weight is 272 g/mol. The van der Waals surface area contributed by atoms with Crippen LogP contribution in [0.2, 0.25) is 0 Å². The highest BCUT2D eigenvalue weighted by Crippen LogP contribution is 2.24. The SMILES string of the molecule is C=CCCCCCC(CSC(C)(C)C)NCCC. The van der Waals surface area contributed by atoms with Gasteiger partial charge in [0, 0.05) is 16.5 Å². The molecule has 0 saturated heterocycles. The van der Waals surface area contributed by atoms with Gasteiger partial charge in [-0.25, -0.2) is 0 Å². The number of rotatable bonds is 11. The Morgan fingerprint density at radius 1 is 1.22 bits per heavy atom. The smallest absolute Gasteiger partial charge is 0.0158 e. The number of hydrogen-bond donors (Lipinski definition) is 1. The Morgan fingerprint density at radius 3 is 2.50 bits per heavy atom. The van der Waals surface area contributed by atoms with Gasteiger partial charge in [0.15, 0.2) is 0 Å². The fourth-order valence-electron chi connectivity index (χ4n) is 1.80. The molecule has 0 aromatic heterocycles. The third-order valence-electron chi connectivity index (χ3n) is 2.86. The summed E-state index contributed by atoms with van der Waals surface area (Å²) in [7, 11) is 0. The van der Waals surface area contributed by atoms with Crippen molar-refractivity contribution >= 4 is 11.8 Å². The van der Waals surface area contributed by atoms with E-state index in [2.05, 4.69) is 51.4 Å². The molecule has 0 bridgehead atoms. The number of unbranched alkanes of at least 4 members (excludes halogenated alkanes) is 3. The molecule has 108 valence electrons. The Hall–Kier alpha value is 0.0500. The molecule has 0 radical (unpaired) electrons. The minimum absolute atomic E-state index is 0.384. The van der Waals surface area contributed by atoms with Crippen LogP contribution in [0.1, 0.15) is 66.2 Å². The third-order valence-corrected chi connectivity index (χ3v) is 4.30.